The third-order valence-corrected chi connectivity index (χ3v) is 4.37. The lowest BCUT2D eigenvalue weighted by Gasteiger charge is -2.16. The predicted octanol–water partition coefficient (Wildman–Crippen LogP) is 0.807. The fourth-order valence-electron chi connectivity index (χ4n) is 2.61. The van der Waals surface area contributed by atoms with E-state index < -0.39 is 16.4 Å². The maximum Gasteiger partial charge on any atom is 0.247 e. The number of anilines is 1. The van der Waals surface area contributed by atoms with Crippen molar-refractivity contribution in [2.75, 3.05) is 11.6 Å². The number of nitrogens with zero attached hydrogens (tertiary/aromatic N) is 3. The highest BCUT2D eigenvalue weighted by Crippen LogP contribution is 2.27. The molecule has 0 aliphatic carbocycles. The first kappa shape index (κ1) is 16.7. The summed E-state index contributed by atoms with van der Waals surface area (Å²) >= 11 is 0. The number of hydrogen-bond donors (Lipinski definition) is 2. The fourth-order valence-corrected chi connectivity index (χ4v) is 3.00. The topological polar surface area (TPSA) is 112 Å². The number of carbonyl (C=O) groups is 1. The molecule has 0 saturated carbocycles. The van der Waals surface area contributed by atoms with Gasteiger partial charge in [-0.15, -0.1) is 14.9 Å². The molecular formula is C14H16FN5O3S. The van der Waals surface area contributed by atoms with Gasteiger partial charge in [-0.1, -0.05) is 4.21 Å². The third-order valence-electron chi connectivity index (χ3n) is 3.70. The molecule has 128 valence electrons. The van der Waals surface area contributed by atoms with E-state index >= 15 is 0 Å². The maximum absolute atomic E-state index is 12.9. The molecule has 1 amide bonds. The molecule has 2 unspecified atom stereocenters. The molecule has 1 aromatic carbocycles. The van der Waals surface area contributed by atoms with E-state index in [2.05, 4.69) is 20.2 Å². The Balaban J connectivity index is 1.75. The van der Waals surface area contributed by atoms with Gasteiger partial charge in [-0.2, -0.15) is 0 Å². The minimum absolute atomic E-state index is 0.0356. The lowest BCUT2D eigenvalue weighted by atomic mass is 10.2. The first-order valence-electron chi connectivity index (χ1n) is 7.27. The lowest BCUT2D eigenvalue weighted by molar-refractivity contribution is -0.119. The first-order valence-corrected chi connectivity index (χ1v) is 9.16. The highest BCUT2D eigenvalue weighted by Gasteiger charge is 2.32. The second kappa shape index (κ2) is 6.38. The Bertz CT molecular complexity index is 801. The zero-order chi connectivity index (χ0) is 17.3. The Morgan fingerprint density at radius 1 is 1.42 bits per heavy atom. The van der Waals surface area contributed by atoms with Crippen LogP contribution in [0.2, 0.25) is 0 Å². The first-order chi connectivity index (χ1) is 11.3. The SMILES string of the molecule is C[S+](=O)([O-])NCc1nnc2n1C(C(=O)Nc1ccc(F)cc1)CC2. The molecule has 2 aromatic rings. The summed E-state index contributed by atoms with van der Waals surface area (Å²) in [5, 5.41) is 10.7. The van der Waals surface area contributed by atoms with Gasteiger partial charge >= 0.3 is 0 Å². The second-order valence-corrected chi connectivity index (χ2v) is 7.38. The van der Waals surface area contributed by atoms with E-state index in [-0.39, 0.29) is 18.3 Å². The Kier molecular flexibility index (Phi) is 4.43. The lowest BCUT2D eigenvalue weighted by Crippen LogP contribution is -2.31. The number of benzene rings is 1. The number of sulfonamides is 1. The van der Waals surface area contributed by atoms with Gasteiger partial charge in [0.2, 0.25) is 5.91 Å². The number of halogens is 1. The molecule has 10 heteroatoms. The molecule has 24 heavy (non-hydrogen) atoms. The summed E-state index contributed by atoms with van der Waals surface area (Å²) in [6.07, 6.45) is 2.17. The smallest absolute Gasteiger partial charge is 0.247 e. The number of amides is 1. The summed E-state index contributed by atoms with van der Waals surface area (Å²) < 4.78 is 39.4. The fraction of sp³-hybridized carbons (Fsp3) is 0.357. The molecular weight excluding hydrogens is 337 g/mol. The van der Waals surface area contributed by atoms with Crippen LogP contribution in [-0.2, 0) is 32.4 Å². The molecule has 0 spiro atoms. The van der Waals surface area contributed by atoms with Crippen LogP contribution in [0.3, 0.4) is 0 Å². The van der Waals surface area contributed by atoms with E-state index in [9.17, 15) is 17.9 Å². The summed E-state index contributed by atoms with van der Waals surface area (Å²) in [6, 6.07) is 4.94. The molecule has 1 aromatic heterocycles. The van der Waals surface area contributed by atoms with Gasteiger partial charge < -0.3 is 14.4 Å². The number of carbonyl (C=O) groups excluding carboxylic acids is 1. The second-order valence-electron chi connectivity index (χ2n) is 5.55. The van der Waals surface area contributed by atoms with Gasteiger partial charge in [-0.25, -0.2) is 4.39 Å². The van der Waals surface area contributed by atoms with Crippen LogP contribution in [-0.4, -0.2) is 31.5 Å². The van der Waals surface area contributed by atoms with Crippen molar-refractivity contribution in [1.29, 1.82) is 0 Å². The largest absolute Gasteiger partial charge is 0.598 e. The zero-order valence-corrected chi connectivity index (χ0v) is 13.7. The van der Waals surface area contributed by atoms with Crippen LogP contribution in [0.1, 0.15) is 24.1 Å². The van der Waals surface area contributed by atoms with Crippen LogP contribution >= 0.6 is 0 Å². The van der Waals surface area contributed by atoms with Crippen molar-refractivity contribution >= 4 is 22.0 Å². The monoisotopic (exact) mass is 353 g/mol. The van der Waals surface area contributed by atoms with Crippen LogP contribution in [0.5, 0.6) is 0 Å². The minimum atomic E-state index is -3.38. The maximum atomic E-state index is 12.9. The molecule has 3 rings (SSSR count). The molecule has 0 saturated heterocycles. The van der Waals surface area contributed by atoms with Crippen LogP contribution in [0, 0.1) is 5.82 Å². The van der Waals surface area contributed by atoms with Crippen molar-refractivity contribution in [2.45, 2.75) is 25.4 Å². The van der Waals surface area contributed by atoms with E-state index in [4.69, 9.17) is 0 Å². The summed E-state index contributed by atoms with van der Waals surface area (Å²) in [7, 11) is -3.38. The molecule has 0 bridgehead atoms. The average Bonchev–Trinajstić information content (AvgIpc) is 3.08. The van der Waals surface area contributed by atoms with Crippen LogP contribution in [0.15, 0.2) is 24.3 Å². The quantitative estimate of drug-likeness (QED) is 0.773. The number of fused-ring (bicyclic) bond motifs is 1. The van der Waals surface area contributed by atoms with Crippen LogP contribution in [0.25, 0.3) is 0 Å². The van der Waals surface area contributed by atoms with Crippen molar-refractivity contribution < 1.29 is 17.9 Å². The molecule has 0 fully saturated rings. The molecule has 2 N–H and O–H groups in total. The predicted molar refractivity (Wildman–Crippen MR) is 84.0 cm³/mol. The van der Waals surface area contributed by atoms with E-state index in [0.717, 1.165) is 6.26 Å². The highest BCUT2D eigenvalue weighted by molar-refractivity contribution is 7.95. The van der Waals surface area contributed by atoms with Gasteiger partial charge in [0.05, 0.1) is 0 Å². The molecule has 1 aliphatic rings. The molecule has 8 nitrogen and oxygen atoms in total. The highest BCUT2D eigenvalue weighted by atomic mass is 32.3. The number of nitrogens with one attached hydrogen (secondary N) is 2. The minimum Gasteiger partial charge on any atom is -0.598 e. The zero-order valence-electron chi connectivity index (χ0n) is 12.9. The van der Waals surface area contributed by atoms with Crippen molar-refractivity contribution in [3.05, 3.63) is 41.7 Å². The summed E-state index contributed by atoms with van der Waals surface area (Å²) in [4.78, 5) is 12.5. The molecule has 1 aliphatic heterocycles. The van der Waals surface area contributed by atoms with Gasteiger partial charge in [0.25, 0.3) is 0 Å². The number of aromatic nitrogens is 3. The molecule has 0 radical (unpaired) electrons. The summed E-state index contributed by atoms with van der Waals surface area (Å²) in [5.74, 6) is 0.358. The van der Waals surface area contributed by atoms with Crippen LogP contribution < -0.4 is 10.0 Å². The Hall–Kier alpha value is -2.17. The van der Waals surface area contributed by atoms with Crippen LogP contribution in [0.4, 0.5) is 10.1 Å². The van der Waals surface area contributed by atoms with E-state index in [0.29, 0.717) is 30.2 Å². The van der Waals surface area contributed by atoms with Gasteiger partial charge in [0.1, 0.15) is 40.9 Å². The van der Waals surface area contributed by atoms with Gasteiger partial charge in [-0.05, 0) is 30.7 Å². The Labute approximate surface area is 138 Å². The summed E-state index contributed by atoms with van der Waals surface area (Å²) in [6.45, 7) is -0.0356. The third kappa shape index (κ3) is 3.66. The van der Waals surface area contributed by atoms with E-state index in [1.54, 1.807) is 4.57 Å². The molecule has 2 heterocycles. The number of rotatable bonds is 5. The average molecular weight is 353 g/mol. The Morgan fingerprint density at radius 3 is 2.79 bits per heavy atom. The summed E-state index contributed by atoms with van der Waals surface area (Å²) in [5.41, 5.74) is 0.485. The van der Waals surface area contributed by atoms with Crippen molar-refractivity contribution in [2.24, 2.45) is 0 Å². The van der Waals surface area contributed by atoms with Gasteiger partial charge in [-0.3, -0.25) is 4.79 Å². The number of hydrogen-bond acceptors (Lipinski definition) is 5. The van der Waals surface area contributed by atoms with E-state index in [1.165, 1.54) is 24.3 Å². The van der Waals surface area contributed by atoms with Gasteiger partial charge in [0.15, 0.2) is 5.82 Å². The normalized spacial score (nSPS) is 18.9. The van der Waals surface area contributed by atoms with Crippen molar-refractivity contribution in [1.82, 2.24) is 19.5 Å². The van der Waals surface area contributed by atoms with Crippen molar-refractivity contribution in [3.8, 4) is 0 Å². The standard InChI is InChI=1S/C14H16FN5O3S/c1-24(22,23)16-8-13-19-18-12-7-6-11(20(12)13)14(21)17-10-4-2-9(15)3-5-10/h2-5,11H,6-8H2,1H3,(H2-,16,17,21,22,23). The van der Waals surface area contributed by atoms with Gasteiger partial charge in [0, 0.05) is 12.1 Å². The van der Waals surface area contributed by atoms with Crippen molar-refractivity contribution in [3.63, 3.8) is 0 Å². The molecule has 2 atom stereocenters. The van der Waals surface area contributed by atoms with E-state index in [1.807, 2.05) is 0 Å². The number of aryl methyl sites for hydroxylation is 1. The Morgan fingerprint density at radius 2 is 2.12 bits per heavy atom.